The van der Waals surface area contributed by atoms with E-state index in [0.717, 1.165) is 47.9 Å². The molecule has 0 aromatic carbocycles. The van der Waals surface area contributed by atoms with Gasteiger partial charge in [-0.1, -0.05) is 12.1 Å². The van der Waals surface area contributed by atoms with Gasteiger partial charge in [-0.3, -0.25) is 4.79 Å². The Bertz CT molecular complexity index is 671. The number of hydrogen-bond donors (Lipinski definition) is 0. The molecule has 0 aliphatic carbocycles. The van der Waals surface area contributed by atoms with Gasteiger partial charge < -0.3 is 9.42 Å². The lowest BCUT2D eigenvalue weighted by molar-refractivity contribution is 0.0708. The molecule has 1 aliphatic heterocycles. The van der Waals surface area contributed by atoms with Gasteiger partial charge in [0, 0.05) is 19.0 Å². The fourth-order valence-corrected chi connectivity index (χ4v) is 3.73. The summed E-state index contributed by atoms with van der Waals surface area (Å²) in [5.74, 6) is 1.74. The summed E-state index contributed by atoms with van der Waals surface area (Å²) >= 11 is 1.52. The normalized spacial score (nSPS) is 16.2. The SMILES string of the molecule is CCc1nc(C)c(C(=O)N2CCC(c3nc(C)no3)CC2)s1. The van der Waals surface area contributed by atoms with Crippen LogP contribution in [-0.2, 0) is 6.42 Å². The summed E-state index contributed by atoms with van der Waals surface area (Å²) in [4.78, 5) is 24.1. The minimum Gasteiger partial charge on any atom is -0.339 e. The lowest BCUT2D eigenvalue weighted by Gasteiger charge is -2.30. The lowest BCUT2D eigenvalue weighted by atomic mass is 9.96. The molecule has 0 radical (unpaired) electrons. The predicted molar refractivity (Wildman–Crippen MR) is 83.1 cm³/mol. The van der Waals surface area contributed by atoms with Crippen LogP contribution in [0.15, 0.2) is 4.52 Å². The molecule has 0 N–H and O–H groups in total. The summed E-state index contributed by atoms with van der Waals surface area (Å²) < 4.78 is 5.25. The first-order valence-electron chi connectivity index (χ1n) is 7.64. The van der Waals surface area contributed by atoms with Crippen LogP contribution in [0.2, 0.25) is 0 Å². The fourth-order valence-electron chi connectivity index (χ4n) is 2.75. The highest BCUT2D eigenvalue weighted by Gasteiger charge is 2.29. The maximum Gasteiger partial charge on any atom is 0.265 e. The molecule has 7 heteroatoms. The van der Waals surface area contributed by atoms with Gasteiger partial charge in [0.1, 0.15) is 4.88 Å². The largest absolute Gasteiger partial charge is 0.339 e. The fraction of sp³-hybridized carbons (Fsp3) is 0.600. The van der Waals surface area contributed by atoms with Crippen molar-refractivity contribution in [1.82, 2.24) is 20.0 Å². The molecule has 6 nitrogen and oxygen atoms in total. The molecule has 1 saturated heterocycles. The first kappa shape index (κ1) is 15.1. The molecule has 3 rings (SSSR count). The van der Waals surface area contributed by atoms with Gasteiger partial charge in [0.15, 0.2) is 5.82 Å². The van der Waals surface area contributed by atoms with Gasteiger partial charge in [-0.15, -0.1) is 11.3 Å². The third kappa shape index (κ3) is 2.90. The van der Waals surface area contributed by atoms with Gasteiger partial charge in [0.05, 0.1) is 10.7 Å². The standard InChI is InChI=1S/C15H20N4O2S/c1-4-12-16-9(2)13(22-12)15(20)19-7-5-11(6-8-19)14-17-10(3)18-21-14/h11H,4-8H2,1-3H3. The van der Waals surface area contributed by atoms with Crippen LogP contribution in [-0.4, -0.2) is 39.0 Å². The Morgan fingerprint density at radius 2 is 2.05 bits per heavy atom. The molecule has 3 heterocycles. The van der Waals surface area contributed by atoms with Crippen molar-refractivity contribution in [2.75, 3.05) is 13.1 Å². The number of hydrogen-bond acceptors (Lipinski definition) is 6. The van der Waals surface area contributed by atoms with Crippen LogP contribution in [0, 0.1) is 13.8 Å². The van der Waals surface area contributed by atoms with Gasteiger partial charge in [-0.05, 0) is 33.1 Å². The predicted octanol–water partition coefficient (Wildman–Crippen LogP) is 2.73. The highest BCUT2D eigenvalue weighted by Crippen LogP contribution is 2.29. The quantitative estimate of drug-likeness (QED) is 0.869. The Morgan fingerprint density at radius 3 is 2.59 bits per heavy atom. The zero-order valence-corrected chi connectivity index (χ0v) is 13.9. The molecular formula is C15H20N4O2S. The van der Waals surface area contributed by atoms with Crippen LogP contribution in [0.5, 0.6) is 0 Å². The minimum absolute atomic E-state index is 0.106. The van der Waals surface area contributed by atoms with Gasteiger partial charge in [-0.2, -0.15) is 4.98 Å². The van der Waals surface area contributed by atoms with Crippen molar-refractivity contribution >= 4 is 17.2 Å². The number of aromatic nitrogens is 3. The van der Waals surface area contributed by atoms with E-state index in [0.29, 0.717) is 11.7 Å². The maximum atomic E-state index is 12.6. The van der Waals surface area contributed by atoms with Crippen molar-refractivity contribution in [2.24, 2.45) is 0 Å². The molecule has 0 atom stereocenters. The van der Waals surface area contributed by atoms with E-state index in [9.17, 15) is 4.79 Å². The third-order valence-electron chi connectivity index (χ3n) is 4.01. The van der Waals surface area contributed by atoms with Crippen molar-refractivity contribution in [2.45, 2.75) is 46.0 Å². The molecule has 0 bridgehead atoms. The number of piperidine rings is 1. The molecule has 0 saturated carbocycles. The van der Waals surface area contributed by atoms with Gasteiger partial charge >= 0.3 is 0 Å². The molecule has 22 heavy (non-hydrogen) atoms. The van der Waals surface area contributed by atoms with E-state index in [1.807, 2.05) is 18.7 Å². The Balaban J connectivity index is 1.65. The second-order valence-electron chi connectivity index (χ2n) is 5.62. The number of nitrogens with zero attached hydrogens (tertiary/aromatic N) is 4. The molecule has 1 fully saturated rings. The number of carbonyl (C=O) groups excluding carboxylic acids is 1. The molecule has 2 aromatic heterocycles. The smallest absolute Gasteiger partial charge is 0.265 e. The average Bonchev–Trinajstić information content (AvgIpc) is 3.12. The molecule has 118 valence electrons. The van der Waals surface area contributed by atoms with Crippen LogP contribution in [0.4, 0.5) is 0 Å². The molecular weight excluding hydrogens is 300 g/mol. The highest BCUT2D eigenvalue weighted by atomic mass is 32.1. The van der Waals surface area contributed by atoms with Gasteiger partial charge in [0.25, 0.3) is 5.91 Å². The van der Waals surface area contributed by atoms with Crippen LogP contribution in [0.3, 0.4) is 0 Å². The Kier molecular flexibility index (Phi) is 4.24. The zero-order valence-electron chi connectivity index (χ0n) is 13.1. The second-order valence-corrected chi connectivity index (χ2v) is 6.71. The van der Waals surface area contributed by atoms with E-state index >= 15 is 0 Å². The summed E-state index contributed by atoms with van der Waals surface area (Å²) in [6, 6.07) is 0. The monoisotopic (exact) mass is 320 g/mol. The third-order valence-corrected chi connectivity index (χ3v) is 5.30. The summed E-state index contributed by atoms with van der Waals surface area (Å²) in [7, 11) is 0. The van der Waals surface area contributed by atoms with E-state index in [2.05, 4.69) is 22.0 Å². The number of aryl methyl sites for hydroxylation is 3. The van der Waals surface area contributed by atoms with Crippen molar-refractivity contribution in [3.8, 4) is 0 Å². The molecule has 0 spiro atoms. The molecule has 1 aliphatic rings. The summed E-state index contributed by atoms with van der Waals surface area (Å²) in [5, 5.41) is 4.87. The van der Waals surface area contributed by atoms with E-state index in [-0.39, 0.29) is 11.8 Å². The zero-order chi connectivity index (χ0) is 15.7. The average molecular weight is 320 g/mol. The molecule has 0 unspecified atom stereocenters. The second kappa shape index (κ2) is 6.16. The van der Waals surface area contributed by atoms with Crippen LogP contribution in [0.25, 0.3) is 0 Å². The van der Waals surface area contributed by atoms with Crippen LogP contribution >= 0.6 is 11.3 Å². The van der Waals surface area contributed by atoms with E-state index < -0.39 is 0 Å². The van der Waals surface area contributed by atoms with Crippen molar-refractivity contribution in [3.05, 3.63) is 27.3 Å². The number of likely N-dealkylation sites (tertiary alicyclic amines) is 1. The number of carbonyl (C=O) groups is 1. The topological polar surface area (TPSA) is 72.1 Å². The highest BCUT2D eigenvalue weighted by molar-refractivity contribution is 7.13. The molecule has 1 amide bonds. The van der Waals surface area contributed by atoms with E-state index in [1.54, 1.807) is 0 Å². The number of rotatable bonds is 3. The summed E-state index contributed by atoms with van der Waals surface area (Å²) in [6.07, 6.45) is 2.61. The first-order valence-corrected chi connectivity index (χ1v) is 8.46. The van der Waals surface area contributed by atoms with E-state index in [1.165, 1.54) is 11.3 Å². The maximum absolute atomic E-state index is 12.6. The minimum atomic E-state index is 0.106. The van der Waals surface area contributed by atoms with E-state index in [4.69, 9.17) is 4.52 Å². The number of thiazole rings is 1. The number of amides is 1. The van der Waals surface area contributed by atoms with Crippen LogP contribution in [0.1, 0.15) is 57.8 Å². The first-order chi connectivity index (χ1) is 10.6. The summed E-state index contributed by atoms with van der Waals surface area (Å²) in [6.45, 7) is 7.25. The Labute approximate surface area is 133 Å². The van der Waals surface area contributed by atoms with Crippen molar-refractivity contribution < 1.29 is 9.32 Å². The van der Waals surface area contributed by atoms with Gasteiger partial charge in [-0.25, -0.2) is 4.98 Å². The lowest BCUT2D eigenvalue weighted by Crippen LogP contribution is -2.37. The Hall–Kier alpha value is -1.76. The molecule has 2 aromatic rings. The van der Waals surface area contributed by atoms with Gasteiger partial charge in [0.2, 0.25) is 5.89 Å². The van der Waals surface area contributed by atoms with Crippen LogP contribution < -0.4 is 0 Å². The van der Waals surface area contributed by atoms with Crippen molar-refractivity contribution in [3.63, 3.8) is 0 Å². The Morgan fingerprint density at radius 1 is 1.32 bits per heavy atom. The summed E-state index contributed by atoms with van der Waals surface area (Å²) in [5.41, 5.74) is 0.849. The van der Waals surface area contributed by atoms with Crippen molar-refractivity contribution in [1.29, 1.82) is 0 Å².